The van der Waals surface area contributed by atoms with Crippen molar-refractivity contribution in [3.63, 3.8) is 0 Å². The van der Waals surface area contributed by atoms with Crippen molar-refractivity contribution < 1.29 is 44.2 Å². The first-order chi connectivity index (χ1) is 6.60. The molecule has 0 aliphatic heterocycles. The summed E-state index contributed by atoms with van der Waals surface area (Å²) in [6.45, 7) is 1.42. The molecular weight excluding hydrogens is 413 g/mol. The molecule has 0 saturated heterocycles. The summed E-state index contributed by atoms with van der Waals surface area (Å²) in [6, 6.07) is 0. The Morgan fingerprint density at radius 1 is 1.29 bits per heavy atom. The Morgan fingerprint density at radius 2 is 1.79 bits per heavy atom. The molecule has 80 valence electrons. The number of hydrogen-bond donors (Lipinski definition) is 0. The van der Waals surface area contributed by atoms with Gasteiger partial charge in [-0.1, -0.05) is 0 Å². The van der Waals surface area contributed by atoms with Crippen LogP contribution >= 0.6 is 8.24 Å². The third kappa shape index (κ3) is 5.66. The fourth-order valence-corrected chi connectivity index (χ4v) is 18.8. The van der Waals surface area contributed by atoms with Crippen molar-refractivity contribution in [1.29, 1.82) is 0 Å². The van der Waals surface area contributed by atoms with Gasteiger partial charge in [0.1, 0.15) is 0 Å². The van der Waals surface area contributed by atoms with Gasteiger partial charge in [0.05, 0.1) is 0 Å². The van der Waals surface area contributed by atoms with Crippen LogP contribution in [-0.2, 0) is 44.2 Å². The average Bonchev–Trinajstić information content (AvgIpc) is 2.19. The van der Waals surface area contributed by atoms with E-state index in [2.05, 4.69) is 0 Å². The van der Waals surface area contributed by atoms with E-state index in [9.17, 15) is 4.79 Å². The van der Waals surface area contributed by atoms with Crippen LogP contribution in [0, 0.1) is 0 Å². The molecule has 0 bridgehead atoms. The summed E-state index contributed by atoms with van der Waals surface area (Å²) < 4.78 is 20.6. The zero-order chi connectivity index (χ0) is 11.0. The van der Waals surface area contributed by atoms with Crippen molar-refractivity contribution in [1.82, 2.24) is 0 Å². The van der Waals surface area contributed by atoms with Gasteiger partial charge in [-0.25, -0.2) is 0 Å². The summed E-state index contributed by atoms with van der Waals surface area (Å²) in [6.07, 6.45) is 0. The molecule has 0 aromatic rings. The Balaban J connectivity index is 3.77. The maximum absolute atomic E-state index is 10.5. The van der Waals surface area contributed by atoms with Crippen molar-refractivity contribution >= 4 is 23.0 Å². The predicted molar refractivity (Wildman–Crippen MR) is 51.0 cm³/mol. The van der Waals surface area contributed by atoms with E-state index in [0.29, 0.717) is 5.38 Å². The fraction of sp³-hybridized carbons (Fsp3) is 0.833. The molecular formula is C6H14HgO5SSi. The molecule has 8 heteroatoms. The summed E-state index contributed by atoms with van der Waals surface area (Å²) in [5.41, 5.74) is 0. The topological polar surface area (TPSA) is 54.0 Å². The normalized spacial score (nSPS) is 10.9. The van der Waals surface area contributed by atoms with E-state index >= 15 is 0 Å². The zero-order valence-corrected chi connectivity index (χ0v) is 16.2. The number of hydrogen-bond acceptors (Lipinski definition) is 6. The first-order valence-corrected chi connectivity index (χ1v) is 16.0. The van der Waals surface area contributed by atoms with Crippen LogP contribution in [0.25, 0.3) is 0 Å². The predicted octanol–water partition coefficient (Wildman–Crippen LogP) is 0.612. The fourth-order valence-electron chi connectivity index (χ4n) is 0.718. The first-order valence-electron chi connectivity index (χ1n) is 3.96. The molecule has 0 N–H and O–H groups in total. The third-order valence-corrected chi connectivity index (χ3v) is 18.0. The number of carbonyl (C=O) groups excluding carboxylic acids is 1. The van der Waals surface area contributed by atoms with Gasteiger partial charge in [-0.05, 0) is 0 Å². The summed E-state index contributed by atoms with van der Waals surface area (Å²) >= 11 is -1.59. The van der Waals surface area contributed by atoms with Gasteiger partial charge >= 0.3 is 101 Å². The van der Waals surface area contributed by atoms with Crippen LogP contribution in [0.1, 0.15) is 6.92 Å². The molecule has 5 nitrogen and oxygen atoms in total. The molecule has 0 spiro atoms. The van der Waals surface area contributed by atoms with Gasteiger partial charge in [-0.2, -0.15) is 0 Å². The van der Waals surface area contributed by atoms with E-state index in [1.807, 2.05) is 0 Å². The Hall–Kier alpha value is 0.852. The minimum absolute atomic E-state index is 0.196. The van der Waals surface area contributed by atoms with Gasteiger partial charge in [0.25, 0.3) is 0 Å². The zero-order valence-electron chi connectivity index (χ0n) is 8.86. The van der Waals surface area contributed by atoms with Crippen molar-refractivity contribution in [3.8, 4) is 0 Å². The van der Waals surface area contributed by atoms with E-state index in [0.717, 1.165) is 0 Å². The average molecular weight is 427 g/mol. The van der Waals surface area contributed by atoms with Crippen molar-refractivity contribution in [2.24, 2.45) is 0 Å². The standard InChI is InChI=1S/C4H12O3SSi.C2H4O2.Hg/c1-5-9(4-8,6-2)7-3;1-2(3)4;/h8H,4H2,1-3H3;1H3,(H,3,4);/q;;+2/p-2. The van der Waals surface area contributed by atoms with E-state index in [-0.39, 0.29) is 5.97 Å². The summed E-state index contributed by atoms with van der Waals surface area (Å²) in [5.74, 6) is -0.196. The molecule has 0 fully saturated rings. The van der Waals surface area contributed by atoms with Gasteiger partial charge in [-0.3, -0.25) is 0 Å². The number of carbonyl (C=O) groups is 1. The van der Waals surface area contributed by atoms with E-state index in [1.54, 1.807) is 29.6 Å². The molecule has 14 heavy (non-hydrogen) atoms. The van der Waals surface area contributed by atoms with Crippen LogP contribution in [0.4, 0.5) is 0 Å². The van der Waals surface area contributed by atoms with Crippen molar-refractivity contribution in [3.05, 3.63) is 0 Å². The molecule has 0 heterocycles. The summed E-state index contributed by atoms with van der Waals surface area (Å²) in [7, 11) is 3.88. The van der Waals surface area contributed by atoms with Gasteiger partial charge < -0.3 is 0 Å². The van der Waals surface area contributed by atoms with Gasteiger partial charge in [0.15, 0.2) is 0 Å². The molecule has 0 aromatic carbocycles. The van der Waals surface area contributed by atoms with E-state index in [4.69, 9.17) is 15.9 Å². The Morgan fingerprint density at radius 3 is 2.14 bits per heavy atom. The molecule has 0 atom stereocenters. The van der Waals surface area contributed by atoms with E-state index in [1.165, 1.54) is 6.92 Å². The van der Waals surface area contributed by atoms with Crippen LogP contribution in [-0.4, -0.2) is 41.5 Å². The van der Waals surface area contributed by atoms with Crippen molar-refractivity contribution in [2.75, 3.05) is 26.7 Å². The second-order valence-corrected chi connectivity index (χ2v) is 15.4. The minimum atomic E-state index is -2.46. The Kier molecular flexibility index (Phi) is 8.55. The van der Waals surface area contributed by atoms with Crippen LogP contribution < -0.4 is 0 Å². The third-order valence-electron chi connectivity index (χ3n) is 1.56. The molecule has 0 aromatic heterocycles. The SMILES string of the molecule is CO[Si](C[S][Hg][O]C(C)=O)(OC)OC. The van der Waals surface area contributed by atoms with E-state index < -0.39 is 32.3 Å². The summed E-state index contributed by atoms with van der Waals surface area (Å²) in [5, 5.41) is 0.658. The second kappa shape index (κ2) is 8.06. The van der Waals surface area contributed by atoms with Crippen LogP contribution in [0.15, 0.2) is 0 Å². The molecule has 0 unspecified atom stereocenters. The second-order valence-electron chi connectivity index (χ2n) is 2.40. The Bertz CT molecular complexity index is 169. The van der Waals surface area contributed by atoms with Crippen LogP contribution in [0.3, 0.4) is 0 Å². The molecule has 0 aliphatic rings. The number of rotatable bonds is 7. The molecule has 0 radical (unpaired) electrons. The summed E-state index contributed by atoms with van der Waals surface area (Å²) in [4.78, 5) is 10.5. The molecule has 0 saturated carbocycles. The maximum atomic E-state index is 10.5. The van der Waals surface area contributed by atoms with Gasteiger partial charge in [0.2, 0.25) is 0 Å². The van der Waals surface area contributed by atoms with Gasteiger partial charge in [-0.15, -0.1) is 0 Å². The quantitative estimate of drug-likeness (QED) is 0.439. The first kappa shape index (κ1) is 14.9. The van der Waals surface area contributed by atoms with Crippen LogP contribution in [0.2, 0.25) is 0 Å². The monoisotopic (exact) mass is 428 g/mol. The molecule has 0 rings (SSSR count). The van der Waals surface area contributed by atoms with Crippen molar-refractivity contribution in [2.45, 2.75) is 6.92 Å². The molecule has 0 aliphatic carbocycles. The van der Waals surface area contributed by atoms with Crippen LogP contribution in [0.5, 0.6) is 0 Å². The van der Waals surface area contributed by atoms with Gasteiger partial charge in [0, 0.05) is 0 Å². The Labute approximate surface area is 100 Å². The molecule has 0 amide bonds.